The van der Waals surface area contributed by atoms with Gasteiger partial charge in [0.2, 0.25) is 33.3 Å². The first-order valence-electron chi connectivity index (χ1n) is 39.2. The molecule has 0 spiro atoms. The van der Waals surface area contributed by atoms with Crippen molar-refractivity contribution in [2.75, 3.05) is 23.9 Å². The Labute approximate surface area is 720 Å². The zero-order chi connectivity index (χ0) is 90.0. The van der Waals surface area contributed by atoms with Crippen LogP contribution in [0.1, 0.15) is 85.9 Å². The summed E-state index contributed by atoms with van der Waals surface area (Å²) in [6.45, 7) is 0.888. The molecule has 0 radical (unpaired) electrons. The minimum atomic E-state index is -3.66. The topological polar surface area (TPSA) is 635 Å². The third-order valence-electron chi connectivity index (χ3n) is 21.4. The number of nitrogens with zero attached hydrogens (tertiary/aromatic N) is 30. The van der Waals surface area contributed by atoms with E-state index in [9.17, 15) is 92.7 Å². The fourth-order valence-electron chi connectivity index (χ4n) is 14.9. The predicted molar refractivity (Wildman–Crippen MR) is 444 cm³/mol. The zero-order valence-electron chi connectivity index (χ0n) is 66.9. The normalized spacial score (nSPS) is 23.7. The molecule has 52 nitrogen and oxygen atoms in total. The first-order chi connectivity index (χ1) is 60.7. The second-order valence-corrected chi connectivity index (χ2v) is 40.9. The van der Waals surface area contributed by atoms with Gasteiger partial charge in [0.1, 0.15) is 41.7 Å². The lowest BCUT2D eigenvalue weighted by atomic mass is 10.0. The minimum Gasteiger partial charge on any atom is -0.270 e. The average Bonchev–Trinajstić information content (AvgIpc) is 1.64. The predicted octanol–water partition coefficient (Wildman–Crippen LogP) is -0.162. The minimum absolute atomic E-state index is 0.00969. The third-order valence-corrected chi connectivity index (χ3v) is 31.3. The lowest BCUT2D eigenvalue weighted by molar-refractivity contribution is -0.768. The lowest BCUT2D eigenvalue weighted by Crippen LogP contribution is -2.31. The molecule has 0 bridgehead atoms. The molecule has 18 rings (SSSR count). The summed E-state index contributed by atoms with van der Waals surface area (Å²) in [5.41, 5.74) is 7.76. The van der Waals surface area contributed by atoms with Crippen LogP contribution in [0.4, 0.5) is 0 Å². The van der Waals surface area contributed by atoms with Crippen LogP contribution >= 0.6 is 0 Å². The van der Waals surface area contributed by atoms with Gasteiger partial charge in [0.25, 0.3) is 20.2 Å². The number of hydrogen-bond acceptors (Lipinski definition) is 37. The molecule has 57 heteroatoms. The van der Waals surface area contributed by atoms with E-state index in [0.29, 0.717) is 84.5 Å². The van der Waals surface area contributed by atoms with Crippen molar-refractivity contribution in [1.82, 2.24) is 75.0 Å². The van der Waals surface area contributed by atoms with Gasteiger partial charge in [0.05, 0.1) is 130 Å². The summed E-state index contributed by atoms with van der Waals surface area (Å²) >= 11 is 0. The molecule has 4 saturated heterocycles. The number of aliphatic imine (C=N–C) groups is 5. The van der Waals surface area contributed by atoms with Crippen molar-refractivity contribution in [3.8, 4) is 33.8 Å². The van der Waals surface area contributed by atoms with Crippen molar-refractivity contribution in [3.05, 3.63) is 176 Å². The zero-order valence-corrected chi connectivity index (χ0v) is 71.0. The Morgan fingerprint density at radius 3 is 1.04 bits per heavy atom. The van der Waals surface area contributed by atoms with Crippen LogP contribution in [0, 0.1) is 50.6 Å². The number of nitro groups is 5. The summed E-state index contributed by atoms with van der Waals surface area (Å²) in [5.74, 6) is 0.807. The van der Waals surface area contributed by atoms with Gasteiger partial charge in [-0.05, 0) is 87.5 Å². The van der Waals surface area contributed by atoms with Gasteiger partial charge in [-0.25, -0.2) is 25.3 Å². The highest BCUT2D eigenvalue weighted by Gasteiger charge is 2.41. The summed E-state index contributed by atoms with van der Waals surface area (Å²) < 4.78 is 143. The van der Waals surface area contributed by atoms with Gasteiger partial charge in [-0.1, -0.05) is 87.1 Å². The van der Waals surface area contributed by atoms with Crippen LogP contribution in [-0.4, -0.2) is 303 Å². The SMILES string of the molecule is O=[N+]([O-])C1N=CC=[N+]1Cn1cc(-c2ccc(CC3CCCCS3(=O)=O)cc2)nn1.O=[N+]([O-])C1N=CC=[N+]1Cn1cc(-c2ccc(CC3CCCS3(=O)=O)cc2)nn1.O=[N+]([O-])C1N=CC=[N+]1Cn1cc(-c2ccc3c(c2)COS3(=O)=O)nn1.O=[N+]([O-])C1N=CC=[N+]1Cn1cc(CC2CCCOS2(=O)=O)nn1.O=[N+]([O-])C1N=CC=[N+]1Cn1cc(CC2CCCS2(=O)=O)nn1. The first kappa shape index (κ1) is 90.0. The molecule has 0 aliphatic carbocycles. The van der Waals surface area contributed by atoms with E-state index in [2.05, 4.69) is 76.5 Å². The van der Waals surface area contributed by atoms with Crippen LogP contribution < -0.4 is 0 Å². The Bertz CT molecular complexity index is 6480. The number of fused-ring (bicyclic) bond motifs is 1. The van der Waals surface area contributed by atoms with Crippen LogP contribution in [0.15, 0.2) is 128 Å². The summed E-state index contributed by atoms with van der Waals surface area (Å²) in [5, 5.41) is 92.9. The molecule has 5 aromatic heterocycles. The van der Waals surface area contributed by atoms with Crippen LogP contribution in [0.2, 0.25) is 0 Å². The number of rotatable bonds is 26. The molecular formula is C70H81N30O22S5+5. The van der Waals surface area contributed by atoms with Gasteiger partial charge in [-0.2, -0.15) is 40.2 Å². The summed E-state index contributed by atoms with van der Waals surface area (Å²) in [7, 11) is -16.2. The maximum Gasteiger partial charge on any atom is 0.502 e. The second-order valence-electron chi connectivity index (χ2n) is 30.2. The summed E-state index contributed by atoms with van der Waals surface area (Å²) in [4.78, 5) is 71.0. The van der Waals surface area contributed by atoms with Gasteiger partial charge < -0.3 is 0 Å². The number of benzene rings is 3. The lowest BCUT2D eigenvalue weighted by Gasteiger charge is -2.22. The largest absolute Gasteiger partial charge is 0.502 e. The average molecular weight is 1850 g/mol. The van der Waals surface area contributed by atoms with E-state index in [1.165, 1.54) is 102 Å². The molecule has 668 valence electrons. The van der Waals surface area contributed by atoms with Crippen molar-refractivity contribution in [1.29, 1.82) is 0 Å². The molecule has 127 heavy (non-hydrogen) atoms. The van der Waals surface area contributed by atoms with Gasteiger partial charge in [0.15, 0.2) is 60.6 Å². The number of hydrogen-bond donors (Lipinski definition) is 0. The van der Waals surface area contributed by atoms with Crippen LogP contribution in [0.5, 0.6) is 0 Å². The highest BCUT2D eigenvalue weighted by Crippen LogP contribution is 2.33. The monoisotopic (exact) mass is 1850 g/mol. The van der Waals surface area contributed by atoms with Crippen LogP contribution in [0.25, 0.3) is 33.8 Å². The van der Waals surface area contributed by atoms with Gasteiger partial charge in [-0.3, -0.25) is 58.9 Å². The molecule has 15 heterocycles. The molecule has 4 fully saturated rings. The molecule has 10 aliphatic heterocycles. The van der Waals surface area contributed by atoms with E-state index >= 15 is 0 Å². The molecule has 3 aromatic carbocycles. The van der Waals surface area contributed by atoms with E-state index in [-0.39, 0.29) is 85.6 Å². The Kier molecular flexibility index (Phi) is 27.4. The molecule has 9 atom stereocenters. The van der Waals surface area contributed by atoms with Crippen LogP contribution in [-0.2, 0) is 124 Å². The van der Waals surface area contributed by atoms with E-state index in [4.69, 9.17) is 8.37 Å². The maximum absolute atomic E-state index is 12.2. The Hall–Kier alpha value is -13.3. The molecule has 0 amide bonds. The van der Waals surface area contributed by atoms with E-state index < -0.39 is 116 Å². The van der Waals surface area contributed by atoms with Gasteiger partial charge in [-0.15, -0.1) is 73.3 Å². The fourth-order valence-corrected chi connectivity index (χ4v) is 23.0. The van der Waals surface area contributed by atoms with Crippen molar-refractivity contribution >= 4 is 112 Å². The highest BCUT2D eigenvalue weighted by atomic mass is 32.2. The van der Waals surface area contributed by atoms with Crippen LogP contribution in [0.3, 0.4) is 0 Å². The summed E-state index contributed by atoms with van der Waals surface area (Å²) in [6, 6.07) is 20.0. The Morgan fingerprint density at radius 1 is 0.362 bits per heavy atom. The molecule has 10 aliphatic rings. The molecule has 8 aromatic rings. The van der Waals surface area contributed by atoms with Gasteiger partial charge >= 0.3 is 31.4 Å². The molecule has 9 unspecified atom stereocenters. The van der Waals surface area contributed by atoms with E-state index in [1.54, 1.807) is 55.5 Å². The van der Waals surface area contributed by atoms with Gasteiger partial charge in [0, 0.05) is 35.1 Å². The highest BCUT2D eigenvalue weighted by molar-refractivity contribution is 7.92. The Balaban J connectivity index is 0.000000129. The van der Waals surface area contributed by atoms with Crippen molar-refractivity contribution in [2.45, 2.75) is 181 Å². The van der Waals surface area contributed by atoms with Crippen molar-refractivity contribution < 1.29 is 97.9 Å². The van der Waals surface area contributed by atoms with E-state index in [1.807, 2.05) is 48.5 Å². The molecule has 0 N–H and O–H groups in total. The smallest absolute Gasteiger partial charge is 0.270 e. The quantitative estimate of drug-likeness (QED) is 0.0294. The fraction of sp³-hybridized carbons (Fsp3) is 0.457. The third kappa shape index (κ3) is 22.3. The molecule has 0 saturated carbocycles. The van der Waals surface area contributed by atoms with Crippen molar-refractivity contribution in [3.63, 3.8) is 0 Å². The van der Waals surface area contributed by atoms with Crippen molar-refractivity contribution in [2.24, 2.45) is 25.0 Å². The second kappa shape index (κ2) is 38.7. The number of sulfone groups is 3. The Morgan fingerprint density at radius 2 is 0.685 bits per heavy atom. The first-order valence-corrected chi connectivity index (χ1v) is 47.2. The number of aromatic nitrogens is 15. The maximum atomic E-state index is 12.2. The standard InChI is InChI=1S/C18H21N6O4S.C17H19N6O4S.C13H11N6O5S.C11H15N6O5S.C11H15N6O4S/c25-24(26)18-19-8-9-22(18)13-23-12-17(20-21-23)15-6-4-14(5-7-15)11-16-3-1-2-10-29(16,27)28;24-23(25)17-18-7-8-21(17)12-22-11-16(19-20-22)14-5-3-13(4-6-14)10-15-2-1-9-28(15,26)27;20-19(21)13-14-3-4-17(13)8-18-6-11(15-16-18)9-1-2-12-10(5-9)7-24-25(12,22)23;18-17(19)11-12-3-4-15(11)8-16-7-9(13-14-16)6-10-2-1-5-22-23(10,20)21;18-17(19)11-12-3-4-15(11)8-16-7-9(13-14-16)6-10-2-1-5-22(10,20)21/h4-9,12,16,18H,1-3,10-11,13H2;3-8,11,15,17H,1-2,9-10,12H2;1-6,13H,7-8H2;3-4,7,10-11H,1-2,5-6,8H2;3-4,7,10-11H,1-2,5-6,8H2/q5*+1. The molecular weight excluding hydrogens is 1770 g/mol. The summed E-state index contributed by atoms with van der Waals surface area (Å²) in [6.07, 6.45) is 25.0. The van der Waals surface area contributed by atoms with E-state index in [0.717, 1.165) is 54.4 Å².